The zero-order chi connectivity index (χ0) is 11.1. The molecule has 1 aromatic heterocycles. The second-order valence-electron chi connectivity index (χ2n) is 3.48. The Kier molecular flexibility index (Phi) is 5.29. The Labute approximate surface area is 91.3 Å². The highest BCUT2D eigenvalue weighted by atomic mass is 16.5. The molecule has 15 heavy (non-hydrogen) atoms. The first-order valence-electron chi connectivity index (χ1n) is 5.46. The Morgan fingerprint density at radius 2 is 2.27 bits per heavy atom. The third kappa shape index (κ3) is 3.61. The highest BCUT2D eigenvalue weighted by Crippen LogP contribution is 2.03. The lowest BCUT2D eigenvalue weighted by Crippen LogP contribution is -2.39. The third-order valence-electron chi connectivity index (χ3n) is 2.52. The van der Waals surface area contributed by atoms with Gasteiger partial charge in [-0.15, -0.1) is 0 Å². The monoisotopic (exact) mass is 210 g/mol. The van der Waals surface area contributed by atoms with Gasteiger partial charge in [-0.05, 0) is 13.0 Å². The summed E-state index contributed by atoms with van der Waals surface area (Å²) in [6.45, 7) is 6.46. The molecule has 0 saturated heterocycles. The van der Waals surface area contributed by atoms with E-state index in [0.717, 1.165) is 19.6 Å². The molecule has 84 valence electrons. The molecule has 0 aliphatic rings. The van der Waals surface area contributed by atoms with Gasteiger partial charge < -0.3 is 9.84 Å². The van der Waals surface area contributed by atoms with Crippen molar-refractivity contribution in [3.05, 3.63) is 29.6 Å². The first kappa shape index (κ1) is 12.1. The van der Waals surface area contributed by atoms with Crippen molar-refractivity contribution in [1.82, 2.24) is 0 Å². The molecular formula is C12H20NO2+. The van der Waals surface area contributed by atoms with E-state index >= 15 is 0 Å². The Morgan fingerprint density at radius 3 is 2.93 bits per heavy atom. The molecule has 0 aliphatic heterocycles. The predicted octanol–water partition coefficient (Wildman–Crippen LogP) is 0.854. The average Bonchev–Trinajstić information content (AvgIpc) is 2.24. The Morgan fingerprint density at radius 1 is 1.47 bits per heavy atom. The van der Waals surface area contributed by atoms with Crippen molar-refractivity contribution in [2.24, 2.45) is 0 Å². The van der Waals surface area contributed by atoms with Gasteiger partial charge in [0.1, 0.15) is 6.61 Å². The Hall–Kier alpha value is -0.930. The number of aliphatic hydroxyl groups is 1. The number of pyridine rings is 1. The molecule has 3 heteroatoms. The maximum atomic E-state index is 8.90. The van der Waals surface area contributed by atoms with Crippen LogP contribution in [0.4, 0.5) is 0 Å². The maximum Gasteiger partial charge on any atom is 0.181 e. The molecule has 0 saturated carbocycles. The summed E-state index contributed by atoms with van der Waals surface area (Å²) >= 11 is 0. The van der Waals surface area contributed by atoms with E-state index in [1.165, 1.54) is 11.3 Å². The van der Waals surface area contributed by atoms with Gasteiger partial charge in [-0.25, -0.2) is 4.57 Å². The molecule has 1 aromatic rings. The fourth-order valence-corrected chi connectivity index (χ4v) is 1.62. The van der Waals surface area contributed by atoms with Crippen molar-refractivity contribution >= 4 is 0 Å². The van der Waals surface area contributed by atoms with Crippen molar-refractivity contribution in [1.29, 1.82) is 0 Å². The second kappa shape index (κ2) is 6.53. The van der Waals surface area contributed by atoms with Crippen molar-refractivity contribution in [2.45, 2.75) is 26.8 Å². The van der Waals surface area contributed by atoms with Crippen LogP contribution in [-0.2, 0) is 17.7 Å². The van der Waals surface area contributed by atoms with Crippen LogP contribution in [-0.4, -0.2) is 24.9 Å². The van der Waals surface area contributed by atoms with Gasteiger partial charge in [0.15, 0.2) is 18.4 Å². The minimum atomic E-state index is 0.181. The minimum absolute atomic E-state index is 0.181. The SMILES string of the molecule is CCOCCc1ccc[n+](CCO)c1C. The quantitative estimate of drug-likeness (QED) is 0.558. The summed E-state index contributed by atoms with van der Waals surface area (Å²) in [6.07, 6.45) is 2.93. The lowest BCUT2D eigenvalue weighted by molar-refractivity contribution is -0.704. The topological polar surface area (TPSA) is 33.3 Å². The fraction of sp³-hybridized carbons (Fsp3) is 0.583. The largest absolute Gasteiger partial charge is 0.390 e. The Bertz CT molecular complexity index is 300. The molecule has 3 nitrogen and oxygen atoms in total. The standard InChI is InChI=1S/C12H20NO2/c1-3-15-10-6-12-5-4-7-13(8-9-14)11(12)2/h4-5,7,14H,3,6,8-10H2,1-2H3/q+1. The molecule has 0 fully saturated rings. The van der Waals surface area contributed by atoms with E-state index in [9.17, 15) is 0 Å². The van der Waals surface area contributed by atoms with Crippen molar-refractivity contribution in [3.8, 4) is 0 Å². The van der Waals surface area contributed by atoms with Crippen LogP contribution >= 0.6 is 0 Å². The van der Waals surface area contributed by atoms with Crippen LogP contribution in [0.25, 0.3) is 0 Å². The van der Waals surface area contributed by atoms with Gasteiger partial charge in [0.05, 0.1) is 6.61 Å². The smallest absolute Gasteiger partial charge is 0.181 e. The van der Waals surface area contributed by atoms with E-state index in [4.69, 9.17) is 9.84 Å². The van der Waals surface area contributed by atoms with Crippen LogP contribution in [0, 0.1) is 6.92 Å². The number of hydrogen-bond donors (Lipinski definition) is 1. The molecule has 0 aliphatic carbocycles. The van der Waals surface area contributed by atoms with Crippen LogP contribution in [0.15, 0.2) is 18.3 Å². The maximum absolute atomic E-state index is 8.90. The molecule has 0 spiro atoms. The third-order valence-corrected chi connectivity index (χ3v) is 2.52. The van der Waals surface area contributed by atoms with E-state index in [1.54, 1.807) is 0 Å². The molecule has 1 rings (SSSR count). The van der Waals surface area contributed by atoms with Gasteiger partial charge in [-0.1, -0.05) is 0 Å². The van der Waals surface area contributed by atoms with Crippen LogP contribution < -0.4 is 4.57 Å². The van der Waals surface area contributed by atoms with Gasteiger partial charge >= 0.3 is 0 Å². The first-order valence-corrected chi connectivity index (χ1v) is 5.46. The number of rotatable bonds is 6. The summed E-state index contributed by atoms with van der Waals surface area (Å²) < 4.78 is 7.40. The number of ether oxygens (including phenoxy) is 1. The zero-order valence-corrected chi connectivity index (χ0v) is 9.57. The molecule has 0 radical (unpaired) electrons. The highest BCUT2D eigenvalue weighted by Gasteiger charge is 2.09. The molecule has 0 aromatic carbocycles. The molecule has 0 unspecified atom stereocenters. The van der Waals surface area contributed by atoms with Crippen LogP contribution in [0.2, 0.25) is 0 Å². The van der Waals surface area contributed by atoms with Gasteiger partial charge in [0.2, 0.25) is 0 Å². The number of aliphatic hydroxyl groups excluding tert-OH is 1. The van der Waals surface area contributed by atoms with E-state index in [2.05, 4.69) is 17.6 Å². The van der Waals surface area contributed by atoms with Crippen LogP contribution in [0.1, 0.15) is 18.2 Å². The fourth-order valence-electron chi connectivity index (χ4n) is 1.62. The zero-order valence-electron chi connectivity index (χ0n) is 9.57. The molecule has 1 N–H and O–H groups in total. The summed E-state index contributed by atoms with van der Waals surface area (Å²) in [5.74, 6) is 0. The van der Waals surface area contributed by atoms with Crippen molar-refractivity contribution < 1.29 is 14.4 Å². The summed E-state index contributed by atoms with van der Waals surface area (Å²) in [5.41, 5.74) is 2.51. The predicted molar refractivity (Wildman–Crippen MR) is 58.7 cm³/mol. The molecule has 0 amide bonds. The van der Waals surface area contributed by atoms with Gasteiger partial charge in [0, 0.05) is 31.6 Å². The minimum Gasteiger partial charge on any atom is -0.390 e. The number of hydrogen-bond acceptors (Lipinski definition) is 2. The van der Waals surface area contributed by atoms with E-state index in [-0.39, 0.29) is 6.61 Å². The van der Waals surface area contributed by atoms with Gasteiger partial charge in [-0.2, -0.15) is 0 Å². The lowest BCUT2D eigenvalue weighted by Gasteiger charge is -2.05. The molecular weight excluding hydrogens is 190 g/mol. The number of aromatic nitrogens is 1. The Balaban J connectivity index is 2.66. The van der Waals surface area contributed by atoms with Crippen LogP contribution in [0.3, 0.4) is 0 Å². The molecule has 0 bridgehead atoms. The van der Waals surface area contributed by atoms with Gasteiger partial charge in [0.25, 0.3) is 0 Å². The second-order valence-corrected chi connectivity index (χ2v) is 3.48. The van der Waals surface area contributed by atoms with E-state index < -0.39 is 0 Å². The summed E-state index contributed by atoms with van der Waals surface area (Å²) in [4.78, 5) is 0. The lowest BCUT2D eigenvalue weighted by atomic mass is 10.1. The van der Waals surface area contributed by atoms with Crippen molar-refractivity contribution in [3.63, 3.8) is 0 Å². The molecule has 0 atom stereocenters. The van der Waals surface area contributed by atoms with E-state index in [1.807, 2.05) is 19.2 Å². The highest BCUT2D eigenvalue weighted by molar-refractivity contribution is 5.14. The van der Waals surface area contributed by atoms with Gasteiger partial charge in [-0.3, -0.25) is 0 Å². The summed E-state index contributed by atoms with van der Waals surface area (Å²) in [6, 6.07) is 4.13. The number of nitrogens with zero attached hydrogens (tertiary/aromatic N) is 1. The first-order chi connectivity index (χ1) is 7.29. The van der Waals surface area contributed by atoms with E-state index in [0.29, 0.717) is 6.54 Å². The van der Waals surface area contributed by atoms with Crippen LogP contribution in [0.5, 0.6) is 0 Å². The molecule has 1 heterocycles. The summed E-state index contributed by atoms with van der Waals surface area (Å²) in [5, 5.41) is 8.90. The average molecular weight is 210 g/mol. The normalized spacial score (nSPS) is 10.6. The van der Waals surface area contributed by atoms with Crippen molar-refractivity contribution in [2.75, 3.05) is 19.8 Å². The summed E-state index contributed by atoms with van der Waals surface area (Å²) in [7, 11) is 0.